The van der Waals surface area contributed by atoms with Gasteiger partial charge in [0.2, 0.25) is 5.91 Å². The van der Waals surface area contributed by atoms with Crippen LogP contribution < -0.4 is 20.3 Å². The van der Waals surface area contributed by atoms with Crippen LogP contribution in [0, 0.1) is 0 Å². The molecule has 0 aliphatic carbocycles. The molecule has 2 heterocycles. The van der Waals surface area contributed by atoms with Crippen molar-refractivity contribution in [2.75, 3.05) is 23.9 Å². The van der Waals surface area contributed by atoms with Crippen molar-refractivity contribution in [1.82, 2.24) is 10.3 Å². The molecule has 0 bridgehead atoms. The fourth-order valence-corrected chi connectivity index (χ4v) is 3.75. The third-order valence-electron chi connectivity index (χ3n) is 5.32. The summed E-state index contributed by atoms with van der Waals surface area (Å²) in [5, 5.41) is 5.53. The molecule has 3 amide bonds. The van der Waals surface area contributed by atoms with Gasteiger partial charge < -0.3 is 15.0 Å². The first-order valence-corrected chi connectivity index (χ1v) is 10.1. The lowest BCUT2D eigenvalue weighted by molar-refractivity contribution is -0.117. The van der Waals surface area contributed by atoms with Gasteiger partial charge in [0.15, 0.2) is 0 Å². The summed E-state index contributed by atoms with van der Waals surface area (Å²) in [6.45, 7) is 0.922. The number of carbonyl (C=O) groups excluding carboxylic acids is 2. The second-order valence-corrected chi connectivity index (χ2v) is 7.33. The van der Waals surface area contributed by atoms with Crippen LogP contribution in [0.2, 0.25) is 0 Å². The van der Waals surface area contributed by atoms with Gasteiger partial charge in [0.05, 0.1) is 7.11 Å². The average molecular weight is 416 g/mol. The zero-order chi connectivity index (χ0) is 21.6. The standard InChI is InChI=1S/C24H24N4O3/c1-31-21-10-6-5-9-18(21)15-26-24(30)27-22-14-20(11-12-25-22)28-16-19(13-23(28)29)17-7-3-2-4-8-17/h2-12,14,19H,13,15-16H2,1H3,(H2,25,26,27,30). The molecule has 7 nitrogen and oxygen atoms in total. The second kappa shape index (κ2) is 9.30. The van der Waals surface area contributed by atoms with Crippen molar-refractivity contribution in [2.24, 2.45) is 0 Å². The number of benzene rings is 2. The van der Waals surface area contributed by atoms with Crippen molar-refractivity contribution >= 4 is 23.4 Å². The number of hydrogen-bond donors (Lipinski definition) is 2. The number of methoxy groups -OCH3 is 1. The Morgan fingerprint density at radius 1 is 1.13 bits per heavy atom. The average Bonchev–Trinajstić information content (AvgIpc) is 3.20. The van der Waals surface area contributed by atoms with Crippen LogP contribution in [0.1, 0.15) is 23.5 Å². The van der Waals surface area contributed by atoms with Gasteiger partial charge in [0.25, 0.3) is 0 Å². The molecule has 2 N–H and O–H groups in total. The molecule has 2 aromatic carbocycles. The number of pyridine rings is 1. The lowest BCUT2D eigenvalue weighted by Crippen LogP contribution is -2.29. The van der Waals surface area contributed by atoms with Gasteiger partial charge >= 0.3 is 6.03 Å². The Morgan fingerprint density at radius 3 is 2.71 bits per heavy atom. The highest BCUT2D eigenvalue weighted by molar-refractivity contribution is 5.97. The minimum atomic E-state index is -0.384. The third-order valence-corrected chi connectivity index (χ3v) is 5.32. The van der Waals surface area contributed by atoms with E-state index < -0.39 is 0 Å². The molecule has 7 heteroatoms. The van der Waals surface area contributed by atoms with Gasteiger partial charge in [-0.3, -0.25) is 10.1 Å². The Hall–Kier alpha value is -3.87. The molecule has 0 radical (unpaired) electrons. The fourth-order valence-electron chi connectivity index (χ4n) is 3.75. The normalized spacial score (nSPS) is 15.6. The highest BCUT2D eigenvalue weighted by atomic mass is 16.5. The number of amides is 3. The van der Waals surface area contributed by atoms with Gasteiger partial charge in [-0.15, -0.1) is 0 Å². The van der Waals surface area contributed by atoms with Crippen LogP contribution >= 0.6 is 0 Å². The molecule has 1 aliphatic rings. The highest BCUT2D eigenvalue weighted by Gasteiger charge is 2.31. The van der Waals surface area contributed by atoms with Crippen LogP contribution in [0.25, 0.3) is 0 Å². The maximum Gasteiger partial charge on any atom is 0.320 e. The first-order chi connectivity index (χ1) is 15.1. The van der Waals surface area contributed by atoms with Crippen molar-refractivity contribution in [3.8, 4) is 5.75 Å². The van der Waals surface area contributed by atoms with Gasteiger partial charge in [-0.05, 0) is 17.7 Å². The van der Waals surface area contributed by atoms with Gasteiger partial charge in [-0.1, -0.05) is 48.5 Å². The predicted molar refractivity (Wildman–Crippen MR) is 119 cm³/mol. The van der Waals surface area contributed by atoms with E-state index >= 15 is 0 Å². The Kier molecular flexibility index (Phi) is 6.12. The number of urea groups is 1. The summed E-state index contributed by atoms with van der Waals surface area (Å²) in [4.78, 5) is 30.9. The Bertz CT molecular complexity index is 1070. The lowest BCUT2D eigenvalue weighted by atomic mass is 9.99. The van der Waals surface area contributed by atoms with Crippen molar-refractivity contribution in [3.05, 3.63) is 84.1 Å². The maximum atomic E-state index is 12.6. The number of para-hydroxylation sites is 1. The van der Waals surface area contributed by atoms with E-state index in [1.807, 2.05) is 54.6 Å². The van der Waals surface area contributed by atoms with Crippen LogP contribution in [0.4, 0.5) is 16.3 Å². The van der Waals surface area contributed by atoms with E-state index in [1.165, 1.54) is 0 Å². The van der Waals surface area contributed by atoms with E-state index in [1.54, 1.807) is 30.3 Å². The molecule has 0 spiro atoms. The Morgan fingerprint density at radius 2 is 1.90 bits per heavy atom. The zero-order valence-electron chi connectivity index (χ0n) is 17.2. The van der Waals surface area contributed by atoms with E-state index in [2.05, 4.69) is 15.6 Å². The van der Waals surface area contributed by atoms with Crippen LogP contribution in [0.15, 0.2) is 72.9 Å². The molecule has 4 rings (SSSR count). The zero-order valence-corrected chi connectivity index (χ0v) is 17.2. The minimum Gasteiger partial charge on any atom is -0.496 e. The number of nitrogens with one attached hydrogen (secondary N) is 2. The molecule has 3 aromatic rings. The number of ether oxygens (including phenoxy) is 1. The van der Waals surface area contributed by atoms with Crippen molar-refractivity contribution in [3.63, 3.8) is 0 Å². The predicted octanol–water partition coefficient (Wildman–Crippen LogP) is 3.93. The maximum absolute atomic E-state index is 12.6. The van der Waals surface area contributed by atoms with E-state index in [9.17, 15) is 9.59 Å². The quantitative estimate of drug-likeness (QED) is 0.638. The molecule has 158 valence electrons. The van der Waals surface area contributed by atoms with Gasteiger partial charge in [0, 0.05) is 48.9 Å². The van der Waals surface area contributed by atoms with Crippen LogP contribution in [-0.2, 0) is 11.3 Å². The van der Waals surface area contributed by atoms with Gasteiger partial charge in [0.1, 0.15) is 11.6 Å². The summed E-state index contributed by atoms with van der Waals surface area (Å²) in [5.74, 6) is 1.31. The highest BCUT2D eigenvalue weighted by Crippen LogP contribution is 2.32. The summed E-state index contributed by atoms with van der Waals surface area (Å²) in [5.41, 5.74) is 2.75. The summed E-state index contributed by atoms with van der Waals surface area (Å²) >= 11 is 0. The van der Waals surface area contributed by atoms with E-state index in [0.717, 1.165) is 16.8 Å². The first kappa shape index (κ1) is 20.4. The van der Waals surface area contributed by atoms with Crippen molar-refractivity contribution in [2.45, 2.75) is 18.9 Å². The molecule has 1 atom stereocenters. The van der Waals surface area contributed by atoms with Gasteiger partial charge in [-0.2, -0.15) is 0 Å². The molecular weight excluding hydrogens is 392 g/mol. The van der Waals surface area contributed by atoms with Crippen LogP contribution in [0.3, 0.4) is 0 Å². The smallest absolute Gasteiger partial charge is 0.320 e. The SMILES string of the molecule is COc1ccccc1CNC(=O)Nc1cc(N2CC(c3ccccc3)CC2=O)ccn1. The number of carbonyl (C=O) groups is 2. The van der Waals surface area contributed by atoms with E-state index in [0.29, 0.717) is 31.1 Å². The largest absolute Gasteiger partial charge is 0.496 e. The minimum absolute atomic E-state index is 0.0617. The van der Waals surface area contributed by atoms with Crippen LogP contribution in [0.5, 0.6) is 5.75 Å². The molecule has 1 aromatic heterocycles. The summed E-state index contributed by atoms with van der Waals surface area (Å²) < 4.78 is 5.30. The Balaban J connectivity index is 1.39. The van der Waals surface area contributed by atoms with Gasteiger partial charge in [-0.25, -0.2) is 9.78 Å². The number of rotatable bonds is 6. The summed E-state index contributed by atoms with van der Waals surface area (Å²) in [6, 6.07) is 20.6. The molecule has 0 saturated carbocycles. The number of aromatic nitrogens is 1. The number of anilines is 2. The van der Waals surface area contributed by atoms with Crippen LogP contribution in [-0.4, -0.2) is 30.6 Å². The second-order valence-electron chi connectivity index (χ2n) is 7.33. The molecule has 1 fully saturated rings. The summed E-state index contributed by atoms with van der Waals surface area (Å²) in [6.07, 6.45) is 2.06. The topological polar surface area (TPSA) is 83.6 Å². The number of nitrogens with zero attached hydrogens (tertiary/aromatic N) is 2. The summed E-state index contributed by atoms with van der Waals surface area (Å²) in [7, 11) is 1.59. The number of hydrogen-bond acceptors (Lipinski definition) is 4. The first-order valence-electron chi connectivity index (χ1n) is 10.1. The molecule has 31 heavy (non-hydrogen) atoms. The van der Waals surface area contributed by atoms with E-state index in [4.69, 9.17) is 4.74 Å². The monoisotopic (exact) mass is 416 g/mol. The van der Waals surface area contributed by atoms with Crippen molar-refractivity contribution in [1.29, 1.82) is 0 Å². The lowest BCUT2D eigenvalue weighted by Gasteiger charge is -2.18. The molecular formula is C24H24N4O3. The molecule has 1 saturated heterocycles. The Labute approximate surface area is 181 Å². The molecule has 1 aliphatic heterocycles. The molecule has 1 unspecified atom stereocenters. The fraction of sp³-hybridized carbons (Fsp3) is 0.208. The van der Waals surface area contributed by atoms with Crippen molar-refractivity contribution < 1.29 is 14.3 Å². The van der Waals surface area contributed by atoms with E-state index in [-0.39, 0.29) is 17.9 Å². The third kappa shape index (κ3) is 4.83.